The number of carbonyl (C=O) groups is 3. The third kappa shape index (κ3) is 7.36. The molecule has 1 aliphatic carbocycles. The number of rotatable bonds is 6. The maximum absolute atomic E-state index is 14.3. The Morgan fingerprint density at radius 3 is 2.30 bits per heavy atom. The zero-order valence-corrected chi connectivity index (χ0v) is 24.2. The number of nitrogens with zero attached hydrogens (tertiary/aromatic N) is 2. The molecule has 2 heterocycles. The van der Waals surface area contributed by atoms with E-state index in [0.29, 0.717) is 47.7 Å². The third-order valence-corrected chi connectivity index (χ3v) is 8.01. The summed E-state index contributed by atoms with van der Waals surface area (Å²) >= 11 is 1.22. The van der Waals surface area contributed by atoms with E-state index in [0.717, 1.165) is 25.7 Å². The molecule has 7 nitrogen and oxygen atoms in total. The van der Waals surface area contributed by atoms with Crippen molar-refractivity contribution in [2.24, 2.45) is 23.2 Å². The first-order valence-electron chi connectivity index (χ1n) is 13.4. The summed E-state index contributed by atoms with van der Waals surface area (Å²) in [6.07, 6.45) is 3.51. The van der Waals surface area contributed by atoms with Crippen molar-refractivity contribution in [3.63, 3.8) is 0 Å². The van der Waals surface area contributed by atoms with E-state index in [1.807, 2.05) is 34.6 Å². The second-order valence-electron chi connectivity index (χ2n) is 11.6. The summed E-state index contributed by atoms with van der Waals surface area (Å²) in [6.45, 7) is 14.1. The van der Waals surface area contributed by atoms with Crippen molar-refractivity contribution in [1.82, 2.24) is 4.90 Å². The van der Waals surface area contributed by atoms with Gasteiger partial charge in [0.1, 0.15) is 10.9 Å². The maximum Gasteiger partial charge on any atom is 0.350 e. The molecule has 204 valence electrons. The summed E-state index contributed by atoms with van der Waals surface area (Å²) in [5.74, 6) is 5.88. The maximum atomic E-state index is 14.3. The molecular formula is C29H42N2O5S. The van der Waals surface area contributed by atoms with Gasteiger partial charge in [0.15, 0.2) is 0 Å². The lowest BCUT2D eigenvalue weighted by molar-refractivity contribution is -0.140. The Morgan fingerprint density at radius 1 is 1.14 bits per heavy atom. The minimum atomic E-state index is -0.744. The van der Waals surface area contributed by atoms with Crippen LogP contribution in [0.25, 0.3) is 0 Å². The first kappa shape index (κ1) is 29.2. The molecule has 2 amide bonds. The second kappa shape index (κ2) is 12.4. The van der Waals surface area contributed by atoms with Crippen LogP contribution in [-0.4, -0.2) is 62.1 Å². The van der Waals surface area contributed by atoms with Crippen molar-refractivity contribution in [2.45, 2.75) is 73.3 Å². The van der Waals surface area contributed by atoms with Gasteiger partial charge in [-0.05, 0) is 64.4 Å². The molecule has 1 saturated heterocycles. The number of thiophene rings is 1. The molecule has 1 aliphatic heterocycles. The molecule has 2 fully saturated rings. The van der Waals surface area contributed by atoms with Crippen molar-refractivity contribution in [3.05, 3.63) is 15.8 Å². The molecule has 0 N–H and O–H groups in total. The van der Waals surface area contributed by atoms with Gasteiger partial charge in [0.2, 0.25) is 11.8 Å². The molecule has 0 unspecified atom stereocenters. The van der Waals surface area contributed by atoms with Gasteiger partial charge in [0.05, 0.1) is 30.9 Å². The van der Waals surface area contributed by atoms with Crippen LogP contribution in [0.2, 0.25) is 0 Å². The molecule has 1 saturated carbocycles. The monoisotopic (exact) mass is 530 g/mol. The van der Waals surface area contributed by atoms with E-state index in [9.17, 15) is 14.4 Å². The van der Waals surface area contributed by atoms with Gasteiger partial charge in [0.25, 0.3) is 0 Å². The molecule has 0 bridgehead atoms. The fourth-order valence-corrected chi connectivity index (χ4v) is 5.80. The number of methoxy groups -OCH3 is 1. The number of ether oxygens (including phenoxy) is 2. The molecule has 8 heteroatoms. The Balaban J connectivity index is 2.14. The SMILES string of the molecule is COC(=O)c1sc(C#CC(C)(C)C)cc1N(C(=O)[C@H]1CC[C@H](C)CC1)[C@H](C(=O)N1CCOCC1)C(C)C. The standard InChI is InChI=1S/C29H42N2O5S/c1-19(2)24(27(33)30-14-16-36-17-15-30)31(26(32)21-10-8-20(3)9-11-21)23-18-22(12-13-29(4,5)6)37-25(23)28(34)35-7/h18-21,24H,8-11,14-17H2,1-7H3/t20-,21-,24-/m0/s1. The van der Waals surface area contributed by atoms with Crippen molar-refractivity contribution in [3.8, 4) is 11.8 Å². The van der Waals surface area contributed by atoms with Crippen LogP contribution < -0.4 is 4.90 Å². The van der Waals surface area contributed by atoms with E-state index < -0.39 is 12.0 Å². The zero-order chi connectivity index (χ0) is 27.3. The first-order chi connectivity index (χ1) is 17.4. The van der Waals surface area contributed by atoms with Gasteiger partial charge in [-0.3, -0.25) is 14.5 Å². The number of esters is 1. The normalized spacial score (nSPS) is 21.1. The summed E-state index contributed by atoms with van der Waals surface area (Å²) in [6, 6.07) is 1.05. The number of hydrogen-bond donors (Lipinski definition) is 0. The minimum Gasteiger partial charge on any atom is -0.465 e. The van der Waals surface area contributed by atoms with E-state index >= 15 is 0 Å². The van der Waals surface area contributed by atoms with E-state index in [1.165, 1.54) is 18.4 Å². The fourth-order valence-electron chi connectivity index (χ4n) is 4.88. The van der Waals surface area contributed by atoms with Gasteiger partial charge >= 0.3 is 5.97 Å². The highest BCUT2D eigenvalue weighted by Crippen LogP contribution is 2.38. The molecule has 0 aromatic carbocycles. The van der Waals surface area contributed by atoms with Crippen molar-refractivity contribution >= 4 is 34.8 Å². The quantitative estimate of drug-likeness (QED) is 0.383. The molecule has 37 heavy (non-hydrogen) atoms. The Bertz CT molecular complexity index is 1030. The predicted molar refractivity (Wildman–Crippen MR) is 147 cm³/mol. The van der Waals surface area contributed by atoms with Crippen LogP contribution in [0.4, 0.5) is 5.69 Å². The smallest absolute Gasteiger partial charge is 0.350 e. The lowest BCUT2D eigenvalue weighted by Gasteiger charge is -2.40. The molecule has 0 radical (unpaired) electrons. The highest BCUT2D eigenvalue weighted by atomic mass is 32.1. The highest BCUT2D eigenvalue weighted by molar-refractivity contribution is 7.15. The van der Waals surface area contributed by atoms with Crippen LogP contribution >= 0.6 is 11.3 Å². The Morgan fingerprint density at radius 2 is 1.76 bits per heavy atom. The Labute approximate surface area is 225 Å². The summed E-state index contributed by atoms with van der Waals surface area (Å²) in [5.41, 5.74) is 0.204. The summed E-state index contributed by atoms with van der Waals surface area (Å²) in [4.78, 5) is 45.5. The van der Waals surface area contributed by atoms with Gasteiger partial charge in [-0.2, -0.15) is 0 Å². The van der Waals surface area contributed by atoms with Crippen LogP contribution in [-0.2, 0) is 19.1 Å². The lowest BCUT2D eigenvalue weighted by atomic mass is 9.81. The van der Waals surface area contributed by atoms with Crippen LogP contribution in [0.3, 0.4) is 0 Å². The lowest BCUT2D eigenvalue weighted by Crippen LogP contribution is -2.57. The third-order valence-electron chi connectivity index (χ3n) is 6.99. The molecule has 1 atom stereocenters. The van der Waals surface area contributed by atoms with Crippen molar-refractivity contribution in [2.75, 3.05) is 38.3 Å². The van der Waals surface area contributed by atoms with Crippen molar-refractivity contribution < 1.29 is 23.9 Å². The van der Waals surface area contributed by atoms with Crippen LogP contribution in [0.15, 0.2) is 6.07 Å². The van der Waals surface area contributed by atoms with Crippen molar-refractivity contribution in [1.29, 1.82) is 0 Å². The summed E-state index contributed by atoms with van der Waals surface area (Å²) in [5, 5.41) is 0. The molecule has 2 aliphatic rings. The minimum absolute atomic E-state index is 0.0921. The number of anilines is 1. The zero-order valence-electron chi connectivity index (χ0n) is 23.4. The molecule has 1 aromatic rings. The van der Waals surface area contributed by atoms with Crippen LogP contribution in [0, 0.1) is 35.0 Å². The summed E-state index contributed by atoms with van der Waals surface area (Å²) in [7, 11) is 1.33. The van der Waals surface area contributed by atoms with E-state index in [2.05, 4.69) is 18.8 Å². The molecule has 0 spiro atoms. The van der Waals surface area contributed by atoms with E-state index in [1.54, 1.807) is 15.9 Å². The van der Waals surface area contributed by atoms with Gasteiger partial charge in [-0.15, -0.1) is 11.3 Å². The molecule has 1 aromatic heterocycles. The number of carbonyl (C=O) groups excluding carboxylic acids is 3. The Hall–Kier alpha value is -2.37. The second-order valence-corrected chi connectivity index (χ2v) is 12.7. The fraction of sp³-hybridized carbons (Fsp3) is 0.690. The predicted octanol–water partition coefficient (Wildman–Crippen LogP) is 4.98. The van der Waals surface area contributed by atoms with Gasteiger partial charge in [-0.1, -0.05) is 32.6 Å². The van der Waals surface area contributed by atoms with Gasteiger partial charge in [0, 0.05) is 24.4 Å². The molecule has 3 rings (SSSR count). The number of hydrogen-bond acceptors (Lipinski definition) is 6. The van der Waals surface area contributed by atoms with Crippen LogP contribution in [0.1, 0.15) is 81.8 Å². The number of amides is 2. The van der Waals surface area contributed by atoms with Gasteiger partial charge < -0.3 is 14.4 Å². The summed E-state index contributed by atoms with van der Waals surface area (Å²) < 4.78 is 10.6. The van der Waals surface area contributed by atoms with E-state index in [-0.39, 0.29) is 29.1 Å². The molecular weight excluding hydrogens is 488 g/mol. The van der Waals surface area contributed by atoms with E-state index in [4.69, 9.17) is 9.47 Å². The number of morpholine rings is 1. The average Bonchev–Trinajstić information content (AvgIpc) is 3.29. The average molecular weight is 531 g/mol. The Kier molecular flexibility index (Phi) is 9.82. The topological polar surface area (TPSA) is 76.2 Å². The first-order valence-corrected chi connectivity index (χ1v) is 14.2. The van der Waals surface area contributed by atoms with Crippen LogP contribution in [0.5, 0.6) is 0 Å². The largest absolute Gasteiger partial charge is 0.465 e. The van der Waals surface area contributed by atoms with Gasteiger partial charge in [-0.25, -0.2) is 4.79 Å². The highest BCUT2D eigenvalue weighted by Gasteiger charge is 2.42.